The second kappa shape index (κ2) is 7.35. The maximum atomic E-state index is 12.4. The second-order valence-corrected chi connectivity index (χ2v) is 6.31. The monoisotopic (exact) mass is 395 g/mol. The largest absolute Gasteiger partial charge is 0.497 e. The molecule has 0 aliphatic carbocycles. The summed E-state index contributed by atoms with van der Waals surface area (Å²) in [5, 5.41) is 4.09. The first-order chi connectivity index (χ1) is 12.0. The van der Waals surface area contributed by atoms with E-state index >= 15 is 0 Å². The number of rotatable bonds is 4. The molecular weight excluding hydrogens is 385 g/mol. The third kappa shape index (κ3) is 3.90. The van der Waals surface area contributed by atoms with E-state index in [1.54, 1.807) is 47.2 Å². The van der Waals surface area contributed by atoms with Crippen molar-refractivity contribution in [3.63, 3.8) is 0 Å². The van der Waals surface area contributed by atoms with E-state index < -0.39 is 5.91 Å². The Kier molecular flexibility index (Phi) is 5.18. The molecule has 0 aliphatic rings. The minimum atomic E-state index is -0.404. The molecular formula is C17H12Cl3N3O2. The number of carbonyl (C=O) groups excluding carboxylic acids is 1. The second-order valence-electron chi connectivity index (χ2n) is 5.06. The first-order valence-electron chi connectivity index (χ1n) is 7.12. The van der Waals surface area contributed by atoms with E-state index in [1.165, 1.54) is 13.4 Å². The number of benzene rings is 2. The molecule has 1 heterocycles. The number of nitrogens with one attached hydrogen (secondary N) is 1. The Morgan fingerprint density at radius 1 is 1.12 bits per heavy atom. The number of hydrogen-bond donors (Lipinski definition) is 1. The topological polar surface area (TPSA) is 56.1 Å². The molecule has 0 aliphatic heterocycles. The van der Waals surface area contributed by atoms with Crippen LogP contribution in [0.2, 0.25) is 15.1 Å². The van der Waals surface area contributed by atoms with Crippen molar-refractivity contribution in [3.05, 3.63) is 69.7 Å². The molecule has 0 saturated carbocycles. The minimum absolute atomic E-state index is 0.213. The Hall–Kier alpha value is -2.21. The number of hydrogen-bond acceptors (Lipinski definition) is 3. The summed E-state index contributed by atoms with van der Waals surface area (Å²) in [5.74, 6) is 0.178. The van der Waals surface area contributed by atoms with Crippen LogP contribution in [0.1, 0.15) is 10.5 Å². The molecule has 1 aromatic heterocycles. The quantitative estimate of drug-likeness (QED) is 0.668. The highest BCUT2D eigenvalue weighted by atomic mass is 35.5. The van der Waals surface area contributed by atoms with Crippen molar-refractivity contribution < 1.29 is 9.53 Å². The number of amides is 1. The van der Waals surface area contributed by atoms with Gasteiger partial charge >= 0.3 is 0 Å². The summed E-state index contributed by atoms with van der Waals surface area (Å²) in [5.41, 5.74) is 1.31. The van der Waals surface area contributed by atoms with E-state index in [0.29, 0.717) is 32.2 Å². The lowest BCUT2D eigenvalue weighted by atomic mass is 10.3. The molecule has 0 fully saturated rings. The summed E-state index contributed by atoms with van der Waals surface area (Å²) in [6.07, 6.45) is 3.07. The minimum Gasteiger partial charge on any atom is -0.497 e. The fourth-order valence-electron chi connectivity index (χ4n) is 2.18. The molecule has 0 radical (unpaired) electrons. The fourth-order valence-corrected chi connectivity index (χ4v) is 2.85. The lowest BCUT2D eigenvalue weighted by molar-refractivity contribution is 0.102. The van der Waals surface area contributed by atoms with Gasteiger partial charge in [0.25, 0.3) is 5.91 Å². The maximum absolute atomic E-state index is 12.4. The summed E-state index contributed by atoms with van der Waals surface area (Å²) in [6, 6.07) is 10.0. The number of ether oxygens (including phenoxy) is 1. The summed E-state index contributed by atoms with van der Waals surface area (Å²) in [6.45, 7) is 0. The van der Waals surface area contributed by atoms with Crippen molar-refractivity contribution in [1.82, 2.24) is 9.55 Å². The van der Waals surface area contributed by atoms with Gasteiger partial charge in [0.15, 0.2) is 0 Å². The standard InChI is InChI=1S/C17H12Cl3N3O2/c1-25-11-3-4-12(19)14(7-11)22-17(24)15-8-23(9-21-15)16-5-2-10(18)6-13(16)20/h2-9H,1H3,(H,22,24). The van der Waals surface area contributed by atoms with Crippen LogP contribution < -0.4 is 10.1 Å². The number of halogens is 3. The molecule has 0 unspecified atom stereocenters. The highest BCUT2D eigenvalue weighted by Gasteiger charge is 2.14. The maximum Gasteiger partial charge on any atom is 0.275 e. The van der Waals surface area contributed by atoms with E-state index in [4.69, 9.17) is 39.5 Å². The highest BCUT2D eigenvalue weighted by molar-refractivity contribution is 6.35. The number of imidazole rings is 1. The van der Waals surface area contributed by atoms with Crippen LogP contribution in [-0.4, -0.2) is 22.6 Å². The third-order valence-corrected chi connectivity index (χ3v) is 4.29. The molecule has 1 amide bonds. The van der Waals surface area contributed by atoms with Gasteiger partial charge in [0.05, 0.1) is 28.5 Å². The predicted octanol–water partition coefficient (Wildman–Crippen LogP) is 5.09. The molecule has 2 aromatic carbocycles. The molecule has 0 atom stereocenters. The lowest BCUT2D eigenvalue weighted by Crippen LogP contribution is -2.12. The highest BCUT2D eigenvalue weighted by Crippen LogP contribution is 2.27. The van der Waals surface area contributed by atoms with Gasteiger partial charge in [-0.25, -0.2) is 4.98 Å². The zero-order chi connectivity index (χ0) is 18.0. The van der Waals surface area contributed by atoms with Crippen molar-refractivity contribution >= 4 is 46.4 Å². The molecule has 0 bridgehead atoms. The summed E-state index contributed by atoms with van der Waals surface area (Å²) >= 11 is 18.2. The van der Waals surface area contributed by atoms with E-state index in [2.05, 4.69) is 10.3 Å². The first-order valence-corrected chi connectivity index (χ1v) is 8.25. The number of carbonyl (C=O) groups is 1. The van der Waals surface area contributed by atoms with Crippen LogP contribution in [0.25, 0.3) is 5.69 Å². The normalized spacial score (nSPS) is 10.6. The summed E-state index contributed by atoms with van der Waals surface area (Å²) in [7, 11) is 1.53. The lowest BCUT2D eigenvalue weighted by Gasteiger charge is -2.08. The fraction of sp³-hybridized carbons (Fsp3) is 0.0588. The summed E-state index contributed by atoms with van der Waals surface area (Å²) in [4.78, 5) is 16.5. The van der Waals surface area contributed by atoms with E-state index in [9.17, 15) is 4.79 Å². The van der Waals surface area contributed by atoms with Crippen LogP contribution in [0.5, 0.6) is 5.75 Å². The van der Waals surface area contributed by atoms with Crippen LogP contribution in [0, 0.1) is 0 Å². The average Bonchev–Trinajstić information content (AvgIpc) is 3.06. The van der Waals surface area contributed by atoms with Gasteiger partial charge in [-0.15, -0.1) is 0 Å². The molecule has 3 rings (SSSR count). The Morgan fingerprint density at radius 3 is 2.64 bits per heavy atom. The van der Waals surface area contributed by atoms with Gasteiger partial charge in [-0.2, -0.15) is 0 Å². The number of aromatic nitrogens is 2. The van der Waals surface area contributed by atoms with Crippen LogP contribution in [-0.2, 0) is 0 Å². The molecule has 5 nitrogen and oxygen atoms in total. The zero-order valence-corrected chi connectivity index (χ0v) is 15.2. The van der Waals surface area contributed by atoms with Gasteiger partial charge in [-0.1, -0.05) is 34.8 Å². The van der Waals surface area contributed by atoms with Gasteiger partial charge in [0.1, 0.15) is 17.8 Å². The van der Waals surface area contributed by atoms with Crippen LogP contribution >= 0.6 is 34.8 Å². The molecule has 3 aromatic rings. The first kappa shape index (κ1) is 17.6. The SMILES string of the molecule is COc1ccc(Cl)c(NC(=O)c2cn(-c3ccc(Cl)cc3Cl)cn2)c1. The van der Waals surface area contributed by atoms with E-state index in [-0.39, 0.29) is 5.69 Å². The van der Waals surface area contributed by atoms with Crippen LogP contribution in [0.4, 0.5) is 5.69 Å². The molecule has 8 heteroatoms. The smallest absolute Gasteiger partial charge is 0.275 e. The number of anilines is 1. The third-order valence-electron chi connectivity index (χ3n) is 3.42. The van der Waals surface area contributed by atoms with Gasteiger partial charge in [-0.3, -0.25) is 4.79 Å². The zero-order valence-electron chi connectivity index (χ0n) is 13.0. The van der Waals surface area contributed by atoms with Gasteiger partial charge in [0.2, 0.25) is 0 Å². The molecule has 0 spiro atoms. The van der Waals surface area contributed by atoms with Crippen molar-refractivity contribution in [1.29, 1.82) is 0 Å². The van der Waals surface area contributed by atoms with Crippen LogP contribution in [0.15, 0.2) is 48.9 Å². The van der Waals surface area contributed by atoms with Gasteiger partial charge in [0, 0.05) is 17.3 Å². The van der Waals surface area contributed by atoms with Gasteiger partial charge in [-0.05, 0) is 30.3 Å². The molecule has 0 saturated heterocycles. The Bertz CT molecular complexity index is 941. The van der Waals surface area contributed by atoms with Crippen molar-refractivity contribution in [2.45, 2.75) is 0 Å². The Morgan fingerprint density at radius 2 is 1.92 bits per heavy atom. The van der Waals surface area contributed by atoms with E-state index in [0.717, 1.165) is 0 Å². The molecule has 25 heavy (non-hydrogen) atoms. The van der Waals surface area contributed by atoms with Gasteiger partial charge < -0.3 is 14.6 Å². The number of nitrogens with zero attached hydrogens (tertiary/aromatic N) is 2. The van der Waals surface area contributed by atoms with Crippen molar-refractivity contribution in [3.8, 4) is 11.4 Å². The molecule has 1 N–H and O–H groups in total. The molecule has 128 valence electrons. The predicted molar refractivity (Wildman–Crippen MR) is 99.5 cm³/mol. The van der Waals surface area contributed by atoms with Crippen molar-refractivity contribution in [2.75, 3.05) is 12.4 Å². The Balaban J connectivity index is 1.84. The summed E-state index contributed by atoms with van der Waals surface area (Å²) < 4.78 is 6.77. The van der Waals surface area contributed by atoms with E-state index in [1.807, 2.05) is 0 Å². The Labute approximate surface area is 159 Å². The van der Waals surface area contributed by atoms with Crippen LogP contribution in [0.3, 0.4) is 0 Å². The number of methoxy groups -OCH3 is 1. The van der Waals surface area contributed by atoms with Crippen molar-refractivity contribution in [2.24, 2.45) is 0 Å². The average molecular weight is 397 g/mol.